The average molecular weight is 311 g/mol. The molecule has 0 aromatic carbocycles. The zero-order chi connectivity index (χ0) is 15.4. The molecule has 1 aliphatic rings. The monoisotopic (exact) mass is 310 g/mol. The van der Waals surface area contributed by atoms with Crippen molar-refractivity contribution in [2.45, 2.75) is 45.3 Å². The molecule has 4 nitrogen and oxygen atoms in total. The molecule has 21 heavy (non-hydrogen) atoms. The van der Waals surface area contributed by atoms with Gasteiger partial charge in [0.15, 0.2) is 0 Å². The lowest BCUT2D eigenvalue weighted by atomic mass is 10.0. The molecule has 1 atom stereocenters. The van der Waals surface area contributed by atoms with Crippen molar-refractivity contribution in [1.29, 1.82) is 0 Å². The Labute approximate surface area is 133 Å². The Kier molecular flexibility index (Phi) is 5.85. The van der Waals surface area contributed by atoms with E-state index in [1.54, 1.807) is 0 Å². The molecule has 0 aliphatic carbocycles. The summed E-state index contributed by atoms with van der Waals surface area (Å²) in [6, 6.07) is 5.05. The van der Waals surface area contributed by atoms with E-state index in [0.717, 1.165) is 36.2 Å². The first-order chi connectivity index (χ1) is 9.97. The minimum atomic E-state index is 0.430. The molecule has 1 unspecified atom stereocenters. The van der Waals surface area contributed by atoms with Gasteiger partial charge in [0.1, 0.15) is 5.82 Å². The first-order valence-corrected chi connectivity index (χ1v) is 8.15. The van der Waals surface area contributed by atoms with Gasteiger partial charge in [0.2, 0.25) is 0 Å². The molecule has 1 aliphatic heterocycles. The summed E-state index contributed by atoms with van der Waals surface area (Å²) < 4.78 is 0. The summed E-state index contributed by atoms with van der Waals surface area (Å²) in [5.41, 5.74) is 0.940. The maximum Gasteiger partial charge on any atom is 0.129 e. The van der Waals surface area contributed by atoms with Crippen LogP contribution in [0, 0.1) is 0 Å². The molecule has 118 valence electrons. The fourth-order valence-corrected chi connectivity index (χ4v) is 2.83. The van der Waals surface area contributed by atoms with Crippen molar-refractivity contribution in [1.82, 2.24) is 15.2 Å². The largest absolute Gasteiger partial charge is 0.355 e. The third-order valence-electron chi connectivity index (χ3n) is 4.03. The van der Waals surface area contributed by atoms with Crippen LogP contribution in [0.25, 0.3) is 0 Å². The Hall–Kier alpha value is -0.840. The number of halogens is 1. The van der Waals surface area contributed by atoms with Gasteiger partial charge in [-0.2, -0.15) is 0 Å². The van der Waals surface area contributed by atoms with Crippen molar-refractivity contribution in [3.8, 4) is 0 Å². The molecule has 1 N–H and O–H groups in total. The second-order valence-corrected chi connectivity index (χ2v) is 6.75. The SMILES string of the molecule is CC(C)NCc1nc(N2CCCC(N(C)C)C2)ccc1Cl. The highest BCUT2D eigenvalue weighted by Crippen LogP contribution is 2.23. The molecule has 1 aromatic heterocycles. The van der Waals surface area contributed by atoms with Gasteiger partial charge in [-0.3, -0.25) is 0 Å². The van der Waals surface area contributed by atoms with Gasteiger partial charge in [0.05, 0.1) is 10.7 Å². The van der Waals surface area contributed by atoms with Crippen molar-refractivity contribution in [2.75, 3.05) is 32.1 Å². The van der Waals surface area contributed by atoms with Crippen LogP contribution in [0.15, 0.2) is 12.1 Å². The van der Waals surface area contributed by atoms with Crippen molar-refractivity contribution in [3.63, 3.8) is 0 Å². The third kappa shape index (κ3) is 4.56. The Morgan fingerprint density at radius 2 is 2.19 bits per heavy atom. The number of nitrogens with zero attached hydrogens (tertiary/aromatic N) is 3. The van der Waals surface area contributed by atoms with Crippen LogP contribution < -0.4 is 10.2 Å². The van der Waals surface area contributed by atoms with Crippen LogP contribution in [-0.2, 0) is 6.54 Å². The number of rotatable bonds is 5. The van der Waals surface area contributed by atoms with Gasteiger partial charge in [-0.15, -0.1) is 0 Å². The number of nitrogens with one attached hydrogen (secondary N) is 1. The van der Waals surface area contributed by atoms with E-state index >= 15 is 0 Å². The quantitative estimate of drug-likeness (QED) is 0.906. The molecule has 1 saturated heterocycles. The maximum absolute atomic E-state index is 6.27. The van der Waals surface area contributed by atoms with Crippen LogP contribution >= 0.6 is 11.6 Å². The Balaban J connectivity index is 2.10. The molecular weight excluding hydrogens is 284 g/mol. The van der Waals surface area contributed by atoms with E-state index in [1.807, 2.05) is 12.1 Å². The van der Waals surface area contributed by atoms with Gasteiger partial charge in [0.25, 0.3) is 0 Å². The van der Waals surface area contributed by atoms with E-state index in [4.69, 9.17) is 16.6 Å². The molecular formula is C16H27ClN4. The van der Waals surface area contributed by atoms with Gasteiger partial charge < -0.3 is 15.1 Å². The van der Waals surface area contributed by atoms with Gasteiger partial charge in [-0.05, 0) is 39.1 Å². The molecule has 2 rings (SSSR count). The van der Waals surface area contributed by atoms with E-state index in [9.17, 15) is 0 Å². The predicted octanol–water partition coefficient (Wildman–Crippen LogP) is 2.76. The number of pyridine rings is 1. The molecule has 0 amide bonds. The summed E-state index contributed by atoms with van der Waals surface area (Å²) in [6.07, 6.45) is 2.48. The number of piperidine rings is 1. The number of aromatic nitrogens is 1. The number of hydrogen-bond donors (Lipinski definition) is 1. The lowest BCUT2D eigenvalue weighted by Crippen LogP contribution is -2.45. The lowest BCUT2D eigenvalue weighted by Gasteiger charge is -2.37. The van der Waals surface area contributed by atoms with E-state index < -0.39 is 0 Å². The van der Waals surface area contributed by atoms with Crippen LogP contribution in [0.5, 0.6) is 0 Å². The van der Waals surface area contributed by atoms with Gasteiger partial charge >= 0.3 is 0 Å². The first-order valence-electron chi connectivity index (χ1n) is 7.77. The standard InChI is InChI=1S/C16H27ClN4/c1-12(2)18-10-15-14(17)7-8-16(19-15)21-9-5-6-13(11-21)20(3)4/h7-8,12-13,18H,5-6,9-11H2,1-4H3. The number of anilines is 1. The molecule has 2 heterocycles. The van der Waals surface area contributed by atoms with Crippen molar-refractivity contribution in [2.24, 2.45) is 0 Å². The van der Waals surface area contributed by atoms with E-state index in [1.165, 1.54) is 12.8 Å². The number of likely N-dealkylation sites (N-methyl/N-ethyl adjacent to an activating group) is 1. The minimum Gasteiger partial charge on any atom is -0.355 e. The van der Waals surface area contributed by atoms with E-state index in [-0.39, 0.29) is 0 Å². The highest BCUT2D eigenvalue weighted by molar-refractivity contribution is 6.31. The topological polar surface area (TPSA) is 31.4 Å². The molecule has 1 aromatic rings. The maximum atomic E-state index is 6.27. The lowest BCUT2D eigenvalue weighted by molar-refractivity contribution is 0.257. The van der Waals surface area contributed by atoms with Gasteiger partial charge in [0, 0.05) is 31.7 Å². The van der Waals surface area contributed by atoms with Gasteiger partial charge in [-0.1, -0.05) is 25.4 Å². The normalized spacial score (nSPS) is 19.6. The zero-order valence-corrected chi connectivity index (χ0v) is 14.3. The smallest absolute Gasteiger partial charge is 0.129 e. The van der Waals surface area contributed by atoms with Crippen molar-refractivity contribution < 1.29 is 0 Å². The molecule has 0 bridgehead atoms. The molecule has 0 spiro atoms. The third-order valence-corrected chi connectivity index (χ3v) is 4.38. The van der Waals surface area contributed by atoms with E-state index in [2.05, 4.69) is 43.1 Å². The summed E-state index contributed by atoms with van der Waals surface area (Å²) >= 11 is 6.27. The highest BCUT2D eigenvalue weighted by Gasteiger charge is 2.22. The molecule has 5 heteroatoms. The molecule has 1 fully saturated rings. The Morgan fingerprint density at radius 3 is 2.86 bits per heavy atom. The summed E-state index contributed by atoms with van der Waals surface area (Å²) in [4.78, 5) is 9.46. The summed E-state index contributed by atoms with van der Waals surface area (Å²) in [7, 11) is 4.31. The zero-order valence-electron chi connectivity index (χ0n) is 13.6. The molecule has 0 radical (unpaired) electrons. The number of hydrogen-bond acceptors (Lipinski definition) is 4. The van der Waals surface area contributed by atoms with Crippen LogP contribution in [0.3, 0.4) is 0 Å². The minimum absolute atomic E-state index is 0.430. The molecule has 0 saturated carbocycles. The average Bonchev–Trinajstić information content (AvgIpc) is 2.46. The summed E-state index contributed by atoms with van der Waals surface area (Å²) in [5.74, 6) is 1.05. The summed E-state index contributed by atoms with van der Waals surface area (Å²) in [5, 5.41) is 4.13. The van der Waals surface area contributed by atoms with Crippen LogP contribution in [0.1, 0.15) is 32.4 Å². The van der Waals surface area contributed by atoms with E-state index in [0.29, 0.717) is 12.1 Å². The van der Waals surface area contributed by atoms with Crippen molar-refractivity contribution in [3.05, 3.63) is 22.8 Å². The van der Waals surface area contributed by atoms with Gasteiger partial charge in [-0.25, -0.2) is 4.98 Å². The fraction of sp³-hybridized carbons (Fsp3) is 0.688. The summed E-state index contributed by atoms with van der Waals surface area (Å²) in [6.45, 7) is 7.10. The van der Waals surface area contributed by atoms with Crippen LogP contribution in [-0.4, -0.2) is 49.2 Å². The Bertz CT molecular complexity index is 462. The fourth-order valence-electron chi connectivity index (χ4n) is 2.66. The second kappa shape index (κ2) is 7.43. The second-order valence-electron chi connectivity index (χ2n) is 6.34. The van der Waals surface area contributed by atoms with Crippen molar-refractivity contribution >= 4 is 17.4 Å². The first kappa shape index (κ1) is 16.5. The Morgan fingerprint density at radius 1 is 1.43 bits per heavy atom. The van der Waals surface area contributed by atoms with Crippen LogP contribution in [0.2, 0.25) is 5.02 Å². The predicted molar refractivity (Wildman–Crippen MR) is 90.1 cm³/mol. The van der Waals surface area contributed by atoms with Crippen LogP contribution in [0.4, 0.5) is 5.82 Å². The highest BCUT2D eigenvalue weighted by atomic mass is 35.5.